The minimum atomic E-state index is 0.370. The average molecular weight is 355 g/mol. The maximum atomic E-state index is 4.65. The van der Waals surface area contributed by atoms with Crippen LogP contribution < -0.4 is 5.32 Å². The molecule has 2 rings (SSSR count). The number of aryl methyl sites for hydroxylation is 1. The number of aliphatic imine (C=N–C) groups is 1. The number of nitrogens with one attached hydrogen (secondary N) is 1. The Morgan fingerprint density at radius 2 is 2.15 bits per heavy atom. The van der Waals surface area contributed by atoms with E-state index in [2.05, 4.69) is 72.1 Å². The highest BCUT2D eigenvalue weighted by Crippen LogP contribution is 2.33. The lowest BCUT2D eigenvalue weighted by atomic mass is 9.90. The van der Waals surface area contributed by atoms with Crippen LogP contribution in [0.4, 0.5) is 5.69 Å². The third-order valence-corrected chi connectivity index (χ3v) is 4.84. The SMILES string of the molecule is CCc1cc(Br)ccc1NC1=NCC(CC(C)(C)C)S1. The van der Waals surface area contributed by atoms with Crippen LogP contribution in [0.15, 0.2) is 27.7 Å². The van der Waals surface area contributed by atoms with E-state index in [1.165, 1.54) is 17.7 Å². The van der Waals surface area contributed by atoms with Gasteiger partial charge in [-0.1, -0.05) is 55.4 Å². The Morgan fingerprint density at radius 3 is 2.80 bits per heavy atom. The van der Waals surface area contributed by atoms with Crippen LogP contribution in [0.2, 0.25) is 0 Å². The van der Waals surface area contributed by atoms with Crippen molar-refractivity contribution in [1.29, 1.82) is 0 Å². The number of hydrogen-bond donors (Lipinski definition) is 1. The molecule has 1 aliphatic heterocycles. The summed E-state index contributed by atoms with van der Waals surface area (Å²) >= 11 is 5.41. The molecule has 20 heavy (non-hydrogen) atoms. The highest BCUT2D eigenvalue weighted by molar-refractivity contribution is 9.10. The van der Waals surface area contributed by atoms with Crippen molar-refractivity contribution in [1.82, 2.24) is 0 Å². The number of halogens is 1. The molecule has 0 radical (unpaired) electrons. The largest absolute Gasteiger partial charge is 0.335 e. The molecule has 1 N–H and O–H groups in total. The van der Waals surface area contributed by atoms with Gasteiger partial charge in [0.15, 0.2) is 5.17 Å². The second-order valence-corrected chi connectivity index (χ2v) is 8.64. The summed E-state index contributed by atoms with van der Waals surface area (Å²) in [6.07, 6.45) is 2.22. The molecule has 0 saturated carbocycles. The van der Waals surface area contributed by atoms with E-state index < -0.39 is 0 Å². The monoisotopic (exact) mass is 354 g/mol. The van der Waals surface area contributed by atoms with Crippen molar-refractivity contribution in [3.05, 3.63) is 28.2 Å². The van der Waals surface area contributed by atoms with E-state index in [9.17, 15) is 0 Å². The fourth-order valence-electron chi connectivity index (χ4n) is 2.37. The second kappa shape index (κ2) is 6.52. The Bertz CT molecular complexity index is 506. The van der Waals surface area contributed by atoms with Gasteiger partial charge in [-0.3, -0.25) is 4.99 Å². The summed E-state index contributed by atoms with van der Waals surface area (Å²) in [6.45, 7) is 10.00. The molecule has 0 bridgehead atoms. The second-order valence-electron chi connectivity index (χ2n) is 6.43. The molecule has 1 atom stereocenters. The maximum Gasteiger partial charge on any atom is 0.161 e. The third kappa shape index (κ3) is 4.52. The first-order chi connectivity index (χ1) is 9.37. The quantitative estimate of drug-likeness (QED) is 0.792. The summed E-state index contributed by atoms with van der Waals surface area (Å²) in [7, 11) is 0. The van der Waals surface area contributed by atoms with Crippen molar-refractivity contribution in [3.8, 4) is 0 Å². The van der Waals surface area contributed by atoms with Gasteiger partial charge < -0.3 is 5.32 Å². The zero-order valence-corrected chi connectivity index (χ0v) is 15.1. The topological polar surface area (TPSA) is 24.4 Å². The third-order valence-electron chi connectivity index (χ3n) is 3.25. The van der Waals surface area contributed by atoms with Gasteiger partial charge >= 0.3 is 0 Å². The summed E-state index contributed by atoms with van der Waals surface area (Å²) in [6, 6.07) is 6.38. The van der Waals surface area contributed by atoms with Gasteiger partial charge in [-0.25, -0.2) is 0 Å². The zero-order valence-electron chi connectivity index (χ0n) is 12.7. The van der Waals surface area contributed by atoms with Gasteiger partial charge in [-0.05, 0) is 42.0 Å². The minimum Gasteiger partial charge on any atom is -0.335 e. The molecular weight excluding hydrogens is 332 g/mol. The summed E-state index contributed by atoms with van der Waals surface area (Å²) in [5, 5.41) is 5.17. The molecule has 1 heterocycles. The average Bonchev–Trinajstić information content (AvgIpc) is 2.76. The van der Waals surface area contributed by atoms with Crippen molar-refractivity contribution in [2.24, 2.45) is 10.4 Å². The molecule has 1 aromatic rings. The first kappa shape index (κ1) is 15.9. The van der Waals surface area contributed by atoms with E-state index in [0.29, 0.717) is 10.7 Å². The van der Waals surface area contributed by atoms with Gasteiger partial charge in [0.2, 0.25) is 0 Å². The highest BCUT2D eigenvalue weighted by Gasteiger charge is 2.25. The molecule has 0 aromatic heterocycles. The molecule has 0 aliphatic carbocycles. The lowest BCUT2D eigenvalue weighted by molar-refractivity contribution is 0.375. The molecule has 2 nitrogen and oxygen atoms in total. The standard InChI is InChI=1S/C16H23BrN2S/c1-5-11-8-12(17)6-7-14(11)19-15-18-10-13(20-15)9-16(2,3)4/h6-8,13H,5,9-10H2,1-4H3,(H,18,19). The van der Waals surface area contributed by atoms with E-state index in [4.69, 9.17) is 0 Å². The number of amidine groups is 1. The van der Waals surface area contributed by atoms with Crippen molar-refractivity contribution >= 4 is 38.5 Å². The van der Waals surface area contributed by atoms with E-state index >= 15 is 0 Å². The van der Waals surface area contributed by atoms with Gasteiger partial charge in [0.05, 0.1) is 6.54 Å². The molecule has 110 valence electrons. The Hall–Kier alpha value is -0.480. The molecule has 1 aromatic carbocycles. The van der Waals surface area contributed by atoms with Crippen LogP contribution in [0, 0.1) is 5.41 Å². The van der Waals surface area contributed by atoms with E-state index in [0.717, 1.165) is 22.6 Å². The van der Waals surface area contributed by atoms with Gasteiger partial charge in [0, 0.05) is 15.4 Å². The summed E-state index contributed by atoms with van der Waals surface area (Å²) in [4.78, 5) is 4.65. The summed E-state index contributed by atoms with van der Waals surface area (Å²) < 4.78 is 1.13. The summed E-state index contributed by atoms with van der Waals surface area (Å²) in [5.74, 6) is 0. The number of benzene rings is 1. The van der Waals surface area contributed by atoms with Crippen LogP contribution in [0.3, 0.4) is 0 Å². The molecule has 0 amide bonds. The maximum absolute atomic E-state index is 4.65. The van der Waals surface area contributed by atoms with Crippen molar-refractivity contribution in [2.45, 2.75) is 45.8 Å². The molecule has 0 spiro atoms. The smallest absolute Gasteiger partial charge is 0.161 e. The molecule has 0 saturated heterocycles. The Labute approximate surface area is 135 Å². The molecule has 1 aliphatic rings. The molecule has 4 heteroatoms. The Morgan fingerprint density at radius 1 is 1.40 bits per heavy atom. The van der Waals surface area contributed by atoms with Crippen LogP contribution in [0.25, 0.3) is 0 Å². The van der Waals surface area contributed by atoms with Crippen molar-refractivity contribution < 1.29 is 0 Å². The highest BCUT2D eigenvalue weighted by atomic mass is 79.9. The predicted octanol–water partition coefficient (Wildman–Crippen LogP) is 5.33. The van der Waals surface area contributed by atoms with Crippen LogP contribution in [0.1, 0.15) is 39.7 Å². The number of rotatable bonds is 3. The zero-order chi connectivity index (χ0) is 14.8. The van der Waals surface area contributed by atoms with E-state index in [1.807, 2.05) is 11.8 Å². The van der Waals surface area contributed by atoms with Crippen molar-refractivity contribution in [2.75, 3.05) is 11.9 Å². The first-order valence-electron chi connectivity index (χ1n) is 7.14. The number of anilines is 1. The van der Waals surface area contributed by atoms with Gasteiger partial charge in [-0.15, -0.1) is 0 Å². The van der Waals surface area contributed by atoms with Gasteiger partial charge in [0.25, 0.3) is 0 Å². The van der Waals surface area contributed by atoms with Crippen LogP contribution in [-0.2, 0) is 6.42 Å². The fourth-order valence-corrected chi connectivity index (χ4v) is 4.14. The number of nitrogens with zero attached hydrogens (tertiary/aromatic N) is 1. The van der Waals surface area contributed by atoms with Crippen LogP contribution in [0.5, 0.6) is 0 Å². The predicted molar refractivity (Wildman–Crippen MR) is 94.9 cm³/mol. The molecule has 0 fully saturated rings. The number of thioether (sulfide) groups is 1. The van der Waals surface area contributed by atoms with Crippen molar-refractivity contribution in [3.63, 3.8) is 0 Å². The summed E-state index contributed by atoms with van der Waals surface area (Å²) in [5.41, 5.74) is 2.87. The Balaban J connectivity index is 1.99. The van der Waals surface area contributed by atoms with Gasteiger partial charge in [-0.2, -0.15) is 0 Å². The number of hydrogen-bond acceptors (Lipinski definition) is 3. The van der Waals surface area contributed by atoms with Crippen LogP contribution in [-0.4, -0.2) is 17.0 Å². The van der Waals surface area contributed by atoms with E-state index in [-0.39, 0.29) is 0 Å². The molecular formula is C16H23BrN2S. The van der Waals surface area contributed by atoms with Crippen LogP contribution >= 0.6 is 27.7 Å². The minimum absolute atomic E-state index is 0.370. The Kier molecular flexibility index (Phi) is 5.19. The lowest BCUT2D eigenvalue weighted by Gasteiger charge is -2.21. The molecule has 1 unspecified atom stereocenters. The fraction of sp³-hybridized carbons (Fsp3) is 0.562. The lowest BCUT2D eigenvalue weighted by Crippen LogP contribution is -2.16. The van der Waals surface area contributed by atoms with E-state index in [1.54, 1.807) is 0 Å². The normalized spacial score (nSPS) is 19.1. The first-order valence-corrected chi connectivity index (χ1v) is 8.81. The van der Waals surface area contributed by atoms with Gasteiger partial charge in [0.1, 0.15) is 0 Å².